The lowest BCUT2D eigenvalue weighted by atomic mass is 10.00. The van der Waals surface area contributed by atoms with Crippen LogP contribution in [0.25, 0.3) is 5.65 Å². The molecule has 1 aliphatic carbocycles. The molecule has 9 heteroatoms. The SMILES string of the molecule is CCN(CCNc1ccc2nnnn2n1)C(=O)C1CCc2c(Cl)cccc21. The molecule has 1 aliphatic rings. The fourth-order valence-corrected chi connectivity index (χ4v) is 3.85. The van der Waals surface area contributed by atoms with E-state index in [0.717, 1.165) is 29.0 Å². The van der Waals surface area contributed by atoms with Crippen molar-refractivity contribution >= 4 is 29.0 Å². The number of fused-ring (bicyclic) bond motifs is 2. The molecular weight excluding hydrogens is 366 g/mol. The zero-order valence-corrected chi connectivity index (χ0v) is 15.7. The molecule has 1 atom stereocenters. The lowest BCUT2D eigenvalue weighted by Crippen LogP contribution is -2.37. The molecule has 4 rings (SSSR count). The first-order chi connectivity index (χ1) is 13.2. The van der Waals surface area contributed by atoms with E-state index in [1.165, 1.54) is 4.63 Å². The highest BCUT2D eigenvalue weighted by Gasteiger charge is 2.32. The topological polar surface area (TPSA) is 88.3 Å². The van der Waals surface area contributed by atoms with Crippen molar-refractivity contribution in [2.75, 3.05) is 25.0 Å². The summed E-state index contributed by atoms with van der Waals surface area (Å²) < 4.78 is 1.37. The standard InChI is InChI=1S/C18H20ClN7O/c1-2-25(11-10-20-16-8-9-17-21-23-24-26(17)22-16)18(27)14-7-6-13-12(14)4-3-5-15(13)19/h3-5,8-9,14H,2,6-7,10-11H2,1H3,(H,20,22). The summed E-state index contributed by atoms with van der Waals surface area (Å²) in [6.07, 6.45) is 1.68. The maximum absolute atomic E-state index is 13.0. The predicted octanol–water partition coefficient (Wildman–Crippen LogP) is 2.16. The van der Waals surface area contributed by atoms with Gasteiger partial charge in [0, 0.05) is 24.7 Å². The third-order valence-corrected chi connectivity index (χ3v) is 5.32. The van der Waals surface area contributed by atoms with Gasteiger partial charge in [-0.15, -0.1) is 14.8 Å². The summed E-state index contributed by atoms with van der Waals surface area (Å²) in [6.45, 7) is 3.84. The summed E-state index contributed by atoms with van der Waals surface area (Å²) >= 11 is 6.28. The number of halogens is 1. The Morgan fingerprint density at radius 1 is 1.37 bits per heavy atom. The third-order valence-electron chi connectivity index (χ3n) is 4.96. The maximum atomic E-state index is 13.0. The average Bonchev–Trinajstić information content (AvgIpc) is 3.32. The number of nitrogens with one attached hydrogen (secondary N) is 1. The molecule has 140 valence electrons. The molecule has 0 saturated carbocycles. The minimum atomic E-state index is -0.102. The number of hydrogen-bond acceptors (Lipinski definition) is 6. The van der Waals surface area contributed by atoms with Gasteiger partial charge >= 0.3 is 0 Å². The first kappa shape index (κ1) is 17.7. The van der Waals surface area contributed by atoms with E-state index in [1.54, 1.807) is 6.07 Å². The second kappa shape index (κ2) is 7.48. The predicted molar refractivity (Wildman–Crippen MR) is 102 cm³/mol. The maximum Gasteiger partial charge on any atom is 0.230 e. The van der Waals surface area contributed by atoms with E-state index in [4.69, 9.17) is 11.6 Å². The molecule has 1 aromatic carbocycles. The number of aromatic nitrogens is 5. The van der Waals surface area contributed by atoms with Crippen LogP contribution >= 0.6 is 11.6 Å². The molecule has 3 aromatic rings. The van der Waals surface area contributed by atoms with Gasteiger partial charge in [0.15, 0.2) is 5.65 Å². The van der Waals surface area contributed by atoms with Crippen LogP contribution in [0.15, 0.2) is 30.3 Å². The Kier molecular flexibility index (Phi) is 4.89. The van der Waals surface area contributed by atoms with Crippen molar-refractivity contribution in [3.05, 3.63) is 46.5 Å². The zero-order chi connectivity index (χ0) is 18.8. The van der Waals surface area contributed by atoms with Gasteiger partial charge in [0.2, 0.25) is 5.91 Å². The molecular formula is C18H20ClN7O. The molecule has 8 nitrogen and oxygen atoms in total. The van der Waals surface area contributed by atoms with Gasteiger partial charge in [-0.05, 0) is 59.5 Å². The van der Waals surface area contributed by atoms with Crippen molar-refractivity contribution in [3.8, 4) is 0 Å². The highest BCUT2D eigenvalue weighted by molar-refractivity contribution is 6.31. The van der Waals surface area contributed by atoms with Gasteiger partial charge in [-0.1, -0.05) is 23.7 Å². The lowest BCUT2D eigenvalue weighted by Gasteiger charge is -2.25. The van der Waals surface area contributed by atoms with Gasteiger partial charge in [-0.25, -0.2) is 0 Å². The summed E-state index contributed by atoms with van der Waals surface area (Å²) in [5.74, 6) is 0.717. The highest BCUT2D eigenvalue weighted by atomic mass is 35.5. The first-order valence-electron chi connectivity index (χ1n) is 9.02. The minimum Gasteiger partial charge on any atom is -0.367 e. The summed E-state index contributed by atoms with van der Waals surface area (Å²) in [6, 6.07) is 9.44. The Balaban J connectivity index is 1.39. The van der Waals surface area contributed by atoms with Crippen molar-refractivity contribution in [2.24, 2.45) is 0 Å². The van der Waals surface area contributed by atoms with Crippen LogP contribution in [-0.2, 0) is 11.2 Å². The van der Waals surface area contributed by atoms with Crippen molar-refractivity contribution in [2.45, 2.75) is 25.7 Å². The summed E-state index contributed by atoms with van der Waals surface area (Å²) in [5, 5.41) is 19.4. The third kappa shape index (κ3) is 3.44. The molecule has 1 N–H and O–H groups in total. The smallest absolute Gasteiger partial charge is 0.230 e. The first-order valence-corrected chi connectivity index (χ1v) is 9.40. The van der Waals surface area contributed by atoms with Gasteiger partial charge in [-0.2, -0.15) is 0 Å². The Morgan fingerprint density at radius 3 is 3.11 bits per heavy atom. The van der Waals surface area contributed by atoms with Gasteiger partial charge in [0.25, 0.3) is 0 Å². The lowest BCUT2D eigenvalue weighted by molar-refractivity contribution is -0.132. The second-order valence-corrected chi connectivity index (χ2v) is 6.90. The number of nitrogens with zero attached hydrogens (tertiary/aromatic N) is 6. The van der Waals surface area contributed by atoms with E-state index in [-0.39, 0.29) is 11.8 Å². The van der Waals surface area contributed by atoms with Crippen LogP contribution in [0.5, 0.6) is 0 Å². The number of carbonyl (C=O) groups excluding carboxylic acids is 1. The van der Waals surface area contributed by atoms with E-state index >= 15 is 0 Å². The molecule has 2 heterocycles. The largest absolute Gasteiger partial charge is 0.367 e. The molecule has 0 aliphatic heterocycles. The van der Waals surface area contributed by atoms with E-state index in [1.807, 2.05) is 36.1 Å². The van der Waals surface area contributed by atoms with E-state index in [9.17, 15) is 4.79 Å². The molecule has 2 aromatic heterocycles. The molecule has 0 spiro atoms. The summed E-state index contributed by atoms with van der Waals surface area (Å²) in [4.78, 5) is 14.9. The van der Waals surface area contributed by atoms with Gasteiger partial charge in [0.1, 0.15) is 5.82 Å². The number of tetrazole rings is 1. The van der Waals surface area contributed by atoms with Crippen LogP contribution in [0.3, 0.4) is 0 Å². The quantitative estimate of drug-likeness (QED) is 0.699. The van der Waals surface area contributed by atoms with Crippen LogP contribution in [0.4, 0.5) is 5.82 Å². The van der Waals surface area contributed by atoms with Crippen LogP contribution in [0, 0.1) is 0 Å². The Morgan fingerprint density at radius 2 is 2.26 bits per heavy atom. The number of likely N-dealkylation sites (N-methyl/N-ethyl adjacent to an activating group) is 1. The zero-order valence-electron chi connectivity index (χ0n) is 15.0. The van der Waals surface area contributed by atoms with Crippen LogP contribution < -0.4 is 5.32 Å². The molecule has 27 heavy (non-hydrogen) atoms. The van der Waals surface area contributed by atoms with E-state index in [2.05, 4.69) is 25.9 Å². The number of carbonyl (C=O) groups is 1. The summed E-state index contributed by atoms with van der Waals surface area (Å²) in [7, 11) is 0. The summed E-state index contributed by atoms with van der Waals surface area (Å²) in [5.41, 5.74) is 2.78. The molecule has 1 unspecified atom stereocenters. The number of amides is 1. The molecule has 0 radical (unpaired) electrons. The number of rotatable bonds is 6. The van der Waals surface area contributed by atoms with Crippen molar-refractivity contribution < 1.29 is 4.79 Å². The van der Waals surface area contributed by atoms with Gasteiger partial charge in [-0.3, -0.25) is 4.79 Å². The highest BCUT2D eigenvalue weighted by Crippen LogP contribution is 2.38. The van der Waals surface area contributed by atoms with E-state index in [0.29, 0.717) is 31.1 Å². The molecule has 1 amide bonds. The van der Waals surface area contributed by atoms with Crippen LogP contribution in [0.2, 0.25) is 5.02 Å². The number of anilines is 1. The Hall–Kier alpha value is -2.74. The van der Waals surface area contributed by atoms with Crippen LogP contribution in [-0.4, -0.2) is 55.7 Å². The monoisotopic (exact) mass is 385 g/mol. The Labute approximate surface area is 161 Å². The fourth-order valence-electron chi connectivity index (χ4n) is 3.57. The fraction of sp³-hybridized carbons (Fsp3) is 0.389. The molecule has 0 fully saturated rings. The molecule has 0 bridgehead atoms. The minimum absolute atomic E-state index is 0.102. The van der Waals surface area contributed by atoms with Crippen molar-refractivity contribution in [1.82, 2.24) is 30.2 Å². The van der Waals surface area contributed by atoms with Crippen LogP contribution in [0.1, 0.15) is 30.4 Å². The van der Waals surface area contributed by atoms with Crippen molar-refractivity contribution in [1.29, 1.82) is 0 Å². The number of hydrogen-bond donors (Lipinski definition) is 1. The normalized spacial score (nSPS) is 15.7. The van der Waals surface area contributed by atoms with E-state index < -0.39 is 0 Å². The van der Waals surface area contributed by atoms with Crippen molar-refractivity contribution in [3.63, 3.8) is 0 Å². The molecule has 0 saturated heterocycles. The second-order valence-electron chi connectivity index (χ2n) is 6.49. The Bertz CT molecular complexity index is 973. The van der Waals surface area contributed by atoms with Gasteiger partial charge in [0.05, 0.1) is 5.92 Å². The van der Waals surface area contributed by atoms with Gasteiger partial charge < -0.3 is 10.2 Å². The average molecular weight is 386 g/mol. The number of benzene rings is 1.